The van der Waals surface area contributed by atoms with Crippen molar-refractivity contribution in [1.29, 1.82) is 0 Å². The molecule has 2 atom stereocenters. The van der Waals surface area contributed by atoms with E-state index in [4.69, 9.17) is 0 Å². The van der Waals surface area contributed by atoms with Crippen molar-refractivity contribution in [2.75, 3.05) is 0 Å². The summed E-state index contributed by atoms with van der Waals surface area (Å²) in [5, 5.41) is 22.4. The van der Waals surface area contributed by atoms with E-state index < -0.39 is 11.6 Å². The second kappa shape index (κ2) is 6.10. The molecule has 21 heavy (non-hydrogen) atoms. The Hall–Kier alpha value is -2.14. The van der Waals surface area contributed by atoms with Crippen LogP contribution in [0.15, 0.2) is 36.4 Å². The molecule has 0 amide bonds. The molecular weight excluding hydrogens is 276 g/mol. The van der Waals surface area contributed by atoms with Crippen molar-refractivity contribution < 1.29 is 19.0 Å². The molecule has 0 heterocycles. The van der Waals surface area contributed by atoms with Gasteiger partial charge in [0.05, 0.1) is 0 Å². The summed E-state index contributed by atoms with van der Waals surface area (Å²) in [5.41, 5.74) is 0.840. The molecule has 112 valence electrons. The highest BCUT2D eigenvalue weighted by Gasteiger charge is 2.17. The van der Waals surface area contributed by atoms with Gasteiger partial charge in [0.1, 0.15) is 23.1 Å². The number of rotatable bonds is 4. The van der Waals surface area contributed by atoms with E-state index in [-0.39, 0.29) is 23.6 Å². The van der Waals surface area contributed by atoms with Gasteiger partial charge < -0.3 is 15.5 Å². The van der Waals surface area contributed by atoms with Crippen LogP contribution in [0.5, 0.6) is 11.5 Å². The number of phenols is 2. The van der Waals surface area contributed by atoms with Crippen LogP contribution in [-0.2, 0) is 0 Å². The van der Waals surface area contributed by atoms with E-state index in [1.54, 1.807) is 13.8 Å². The van der Waals surface area contributed by atoms with Gasteiger partial charge in [-0.05, 0) is 38.1 Å². The van der Waals surface area contributed by atoms with Crippen molar-refractivity contribution in [3.63, 3.8) is 0 Å². The van der Waals surface area contributed by atoms with Crippen molar-refractivity contribution in [1.82, 2.24) is 5.32 Å². The minimum Gasteiger partial charge on any atom is -0.508 e. The van der Waals surface area contributed by atoms with Crippen molar-refractivity contribution in [3.8, 4) is 11.5 Å². The average molecular weight is 293 g/mol. The van der Waals surface area contributed by atoms with Crippen LogP contribution in [0.25, 0.3) is 0 Å². The molecular formula is C16H17F2NO2. The van der Waals surface area contributed by atoms with Gasteiger partial charge in [0, 0.05) is 29.3 Å². The number of benzene rings is 2. The molecule has 2 unspecified atom stereocenters. The summed E-state index contributed by atoms with van der Waals surface area (Å²) < 4.78 is 26.6. The molecule has 0 fully saturated rings. The van der Waals surface area contributed by atoms with Crippen molar-refractivity contribution in [3.05, 3.63) is 59.2 Å². The molecule has 3 nitrogen and oxygen atoms in total. The van der Waals surface area contributed by atoms with Gasteiger partial charge in [-0.25, -0.2) is 8.78 Å². The Bertz CT molecular complexity index is 646. The third kappa shape index (κ3) is 3.49. The molecule has 2 aromatic rings. The second-order valence-electron chi connectivity index (χ2n) is 5.02. The Balaban J connectivity index is 2.18. The molecule has 5 heteroatoms. The molecule has 0 aromatic heterocycles. The Kier molecular flexibility index (Phi) is 4.43. The van der Waals surface area contributed by atoms with Gasteiger partial charge in [-0.1, -0.05) is 6.07 Å². The predicted molar refractivity (Wildman–Crippen MR) is 76.1 cm³/mol. The fraction of sp³-hybridized carbons (Fsp3) is 0.250. The number of nitrogens with one attached hydrogen (secondary N) is 1. The van der Waals surface area contributed by atoms with Gasteiger partial charge in [0.2, 0.25) is 0 Å². The van der Waals surface area contributed by atoms with Crippen LogP contribution in [-0.4, -0.2) is 10.2 Å². The summed E-state index contributed by atoms with van der Waals surface area (Å²) in [6, 6.07) is 6.94. The Labute approximate surface area is 121 Å². The Morgan fingerprint density at radius 1 is 0.905 bits per heavy atom. The summed E-state index contributed by atoms with van der Waals surface area (Å²) in [6.07, 6.45) is 0. The fourth-order valence-corrected chi connectivity index (χ4v) is 2.30. The van der Waals surface area contributed by atoms with Crippen LogP contribution >= 0.6 is 0 Å². The topological polar surface area (TPSA) is 52.5 Å². The van der Waals surface area contributed by atoms with Gasteiger partial charge in [-0.3, -0.25) is 0 Å². The number of halogens is 2. The lowest BCUT2D eigenvalue weighted by molar-refractivity contribution is 0.425. The van der Waals surface area contributed by atoms with Crippen LogP contribution in [0.2, 0.25) is 0 Å². The van der Waals surface area contributed by atoms with Gasteiger partial charge in [0.25, 0.3) is 0 Å². The molecule has 0 saturated carbocycles. The van der Waals surface area contributed by atoms with Gasteiger partial charge in [-0.2, -0.15) is 0 Å². The van der Waals surface area contributed by atoms with Crippen LogP contribution < -0.4 is 5.32 Å². The van der Waals surface area contributed by atoms with Gasteiger partial charge in [-0.15, -0.1) is 0 Å². The molecule has 2 aromatic carbocycles. The lowest BCUT2D eigenvalue weighted by Crippen LogP contribution is -2.23. The maximum atomic E-state index is 13.7. The first kappa shape index (κ1) is 15.3. The summed E-state index contributed by atoms with van der Waals surface area (Å²) >= 11 is 0. The van der Waals surface area contributed by atoms with Crippen molar-refractivity contribution in [2.24, 2.45) is 0 Å². The highest BCUT2D eigenvalue weighted by atomic mass is 19.1. The maximum Gasteiger partial charge on any atom is 0.130 e. The summed E-state index contributed by atoms with van der Waals surface area (Å²) in [6.45, 7) is 3.53. The molecule has 0 radical (unpaired) electrons. The first-order chi connectivity index (χ1) is 9.88. The summed E-state index contributed by atoms with van der Waals surface area (Å²) in [4.78, 5) is 0. The lowest BCUT2D eigenvalue weighted by Gasteiger charge is -2.22. The highest BCUT2D eigenvalue weighted by molar-refractivity contribution is 5.40. The maximum absolute atomic E-state index is 13.7. The van der Waals surface area contributed by atoms with E-state index in [1.807, 2.05) is 0 Å². The summed E-state index contributed by atoms with van der Waals surface area (Å²) in [5.74, 6) is -1.17. The third-order valence-corrected chi connectivity index (χ3v) is 3.41. The lowest BCUT2D eigenvalue weighted by atomic mass is 10.0. The first-order valence-corrected chi connectivity index (χ1v) is 6.61. The minimum absolute atomic E-state index is 0.0389. The third-order valence-electron chi connectivity index (χ3n) is 3.41. The SMILES string of the molecule is CC(NC(C)c1ccc(F)cc1F)c1cc(O)ccc1O. The number of aromatic hydroxyl groups is 2. The molecule has 0 aliphatic heterocycles. The molecule has 0 aliphatic rings. The number of hydrogen-bond acceptors (Lipinski definition) is 3. The standard InChI is InChI=1S/C16H17F2NO2/c1-9(13-5-3-11(17)7-15(13)18)19-10(2)14-8-12(20)4-6-16(14)21/h3-10,19-21H,1-2H3. The van der Waals surface area contributed by atoms with Crippen molar-refractivity contribution in [2.45, 2.75) is 25.9 Å². The average Bonchev–Trinajstić information content (AvgIpc) is 2.41. The number of hydrogen-bond donors (Lipinski definition) is 3. The zero-order chi connectivity index (χ0) is 15.6. The summed E-state index contributed by atoms with van der Waals surface area (Å²) in [7, 11) is 0. The van der Waals surface area contributed by atoms with Gasteiger partial charge >= 0.3 is 0 Å². The smallest absolute Gasteiger partial charge is 0.130 e. The molecule has 0 spiro atoms. The van der Waals surface area contributed by atoms with E-state index in [1.165, 1.54) is 30.3 Å². The Morgan fingerprint density at radius 2 is 1.57 bits per heavy atom. The molecule has 3 N–H and O–H groups in total. The minimum atomic E-state index is -0.623. The zero-order valence-electron chi connectivity index (χ0n) is 11.8. The van der Waals surface area contributed by atoms with E-state index in [0.29, 0.717) is 11.1 Å². The molecule has 2 rings (SSSR count). The molecule has 0 aliphatic carbocycles. The number of phenolic OH excluding ortho intramolecular Hbond substituents is 2. The molecule has 0 bridgehead atoms. The highest BCUT2D eigenvalue weighted by Crippen LogP contribution is 2.30. The van der Waals surface area contributed by atoms with Crippen molar-refractivity contribution >= 4 is 0 Å². The van der Waals surface area contributed by atoms with Crippen LogP contribution in [0, 0.1) is 11.6 Å². The predicted octanol–water partition coefficient (Wildman–Crippen LogP) is 3.79. The quantitative estimate of drug-likeness (QED) is 0.752. The van der Waals surface area contributed by atoms with Crippen LogP contribution in [0.4, 0.5) is 8.78 Å². The van der Waals surface area contributed by atoms with E-state index >= 15 is 0 Å². The van der Waals surface area contributed by atoms with E-state index in [2.05, 4.69) is 5.32 Å². The van der Waals surface area contributed by atoms with E-state index in [9.17, 15) is 19.0 Å². The monoisotopic (exact) mass is 293 g/mol. The second-order valence-corrected chi connectivity index (χ2v) is 5.02. The van der Waals surface area contributed by atoms with Crippen LogP contribution in [0.1, 0.15) is 37.1 Å². The fourth-order valence-electron chi connectivity index (χ4n) is 2.30. The normalized spacial score (nSPS) is 13.9. The zero-order valence-corrected chi connectivity index (χ0v) is 11.8. The van der Waals surface area contributed by atoms with Gasteiger partial charge in [0.15, 0.2) is 0 Å². The molecule has 0 saturated heterocycles. The van der Waals surface area contributed by atoms with E-state index in [0.717, 1.165) is 6.07 Å². The Morgan fingerprint density at radius 3 is 2.24 bits per heavy atom. The van der Waals surface area contributed by atoms with Crippen LogP contribution in [0.3, 0.4) is 0 Å². The largest absolute Gasteiger partial charge is 0.508 e. The first-order valence-electron chi connectivity index (χ1n) is 6.61.